The minimum atomic E-state index is -1.44. The van der Waals surface area contributed by atoms with Gasteiger partial charge in [0.05, 0.1) is 12.5 Å². The molecule has 124 valence electrons. The molecule has 1 aliphatic rings. The molecule has 2 atom stereocenters. The maximum absolute atomic E-state index is 12.7. The molecule has 2 rings (SSSR count). The van der Waals surface area contributed by atoms with Crippen LogP contribution in [0.3, 0.4) is 0 Å². The molecule has 1 fully saturated rings. The van der Waals surface area contributed by atoms with E-state index in [0.717, 1.165) is 0 Å². The molecule has 6 nitrogen and oxygen atoms in total. The van der Waals surface area contributed by atoms with E-state index in [4.69, 9.17) is 4.74 Å². The number of esters is 1. The van der Waals surface area contributed by atoms with Crippen LogP contribution < -0.4 is 0 Å². The Balaban J connectivity index is 2.53. The highest BCUT2D eigenvalue weighted by Crippen LogP contribution is 2.46. The molecule has 0 bridgehead atoms. The highest BCUT2D eigenvalue weighted by atomic mass is 16.6. The van der Waals surface area contributed by atoms with Crippen LogP contribution in [0.4, 0.5) is 0 Å². The van der Waals surface area contributed by atoms with Gasteiger partial charge in [0.1, 0.15) is 5.41 Å². The van der Waals surface area contributed by atoms with Gasteiger partial charge in [0.15, 0.2) is 5.78 Å². The summed E-state index contributed by atoms with van der Waals surface area (Å²) < 4.78 is 5.16. The molecule has 0 unspecified atom stereocenters. The highest BCUT2D eigenvalue weighted by molar-refractivity contribution is 6.05. The van der Waals surface area contributed by atoms with Crippen molar-refractivity contribution in [3.8, 4) is 0 Å². The van der Waals surface area contributed by atoms with E-state index in [-0.39, 0.29) is 18.8 Å². The maximum atomic E-state index is 12.7. The van der Waals surface area contributed by atoms with Crippen molar-refractivity contribution in [3.05, 3.63) is 46.0 Å². The van der Waals surface area contributed by atoms with Crippen LogP contribution in [0.5, 0.6) is 0 Å². The van der Waals surface area contributed by atoms with Gasteiger partial charge in [0.25, 0.3) is 0 Å². The van der Waals surface area contributed by atoms with Crippen LogP contribution >= 0.6 is 0 Å². The zero-order chi connectivity index (χ0) is 16.9. The number of carbonyl (C=O) groups is 2. The lowest BCUT2D eigenvalue weighted by atomic mass is 9.63. The molecule has 0 aromatic heterocycles. The Morgan fingerprint density at radius 1 is 1.35 bits per heavy atom. The lowest BCUT2D eigenvalue weighted by Crippen LogP contribution is -2.49. The Morgan fingerprint density at radius 3 is 2.61 bits per heavy atom. The van der Waals surface area contributed by atoms with Crippen molar-refractivity contribution >= 4 is 11.8 Å². The number of hydrogen-bond acceptors (Lipinski definition) is 5. The zero-order valence-electron chi connectivity index (χ0n) is 13.2. The highest BCUT2D eigenvalue weighted by Gasteiger charge is 2.55. The normalized spacial score (nSPS) is 22.4. The molecular weight excluding hydrogens is 298 g/mol. The lowest BCUT2D eigenvalue weighted by molar-refractivity contribution is -0.485. The second-order valence-corrected chi connectivity index (χ2v) is 5.80. The Bertz CT molecular complexity index is 586. The molecule has 0 radical (unpaired) electrons. The number of nitro groups is 1. The van der Waals surface area contributed by atoms with Crippen LogP contribution in [0.15, 0.2) is 30.3 Å². The van der Waals surface area contributed by atoms with Gasteiger partial charge in [0.2, 0.25) is 6.54 Å². The van der Waals surface area contributed by atoms with Crippen molar-refractivity contribution in [2.45, 2.75) is 38.5 Å². The number of hydrogen-bond donors (Lipinski definition) is 0. The van der Waals surface area contributed by atoms with Crippen molar-refractivity contribution in [3.63, 3.8) is 0 Å². The molecule has 23 heavy (non-hydrogen) atoms. The fourth-order valence-electron chi connectivity index (χ4n) is 3.42. The monoisotopic (exact) mass is 319 g/mol. The van der Waals surface area contributed by atoms with E-state index in [0.29, 0.717) is 24.8 Å². The molecule has 1 saturated carbocycles. The predicted octanol–water partition coefficient (Wildman–Crippen LogP) is 2.74. The number of ether oxygens (including phenoxy) is 1. The molecule has 1 aromatic carbocycles. The number of benzene rings is 1. The van der Waals surface area contributed by atoms with Gasteiger partial charge < -0.3 is 4.74 Å². The first-order chi connectivity index (χ1) is 11.0. The summed E-state index contributed by atoms with van der Waals surface area (Å²) in [6.07, 6.45) is 1.96. The summed E-state index contributed by atoms with van der Waals surface area (Å²) in [5.74, 6) is -1.66. The van der Waals surface area contributed by atoms with E-state index >= 15 is 0 Å². The average Bonchev–Trinajstić information content (AvgIpc) is 2.54. The largest absolute Gasteiger partial charge is 0.465 e. The summed E-state index contributed by atoms with van der Waals surface area (Å²) in [5.41, 5.74) is -0.810. The third-order valence-corrected chi connectivity index (χ3v) is 4.49. The van der Waals surface area contributed by atoms with E-state index in [9.17, 15) is 19.7 Å². The molecule has 6 heteroatoms. The van der Waals surface area contributed by atoms with Crippen molar-refractivity contribution in [2.75, 3.05) is 13.2 Å². The summed E-state index contributed by atoms with van der Waals surface area (Å²) in [4.78, 5) is 36.1. The fraction of sp³-hybridized carbons (Fsp3) is 0.529. The van der Waals surface area contributed by atoms with Crippen LogP contribution in [0, 0.1) is 15.5 Å². The first-order valence-electron chi connectivity index (χ1n) is 7.89. The van der Waals surface area contributed by atoms with Crippen molar-refractivity contribution < 1.29 is 19.2 Å². The number of Topliss-reactive ketones (excluding diaryl/α,β-unsaturated/α-hetero) is 1. The molecular formula is C17H21NO5. The summed E-state index contributed by atoms with van der Waals surface area (Å²) in [5, 5.41) is 11.2. The third kappa shape index (κ3) is 3.41. The Hall–Kier alpha value is -2.24. The summed E-state index contributed by atoms with van der Waals surface area (Å²) in [7, 11) is 0. The molecule has 1 aromatic rings. The Morgan fingerprint density at radius 2 is 2.04 bits per heavy atom. The molecule has 0 amide bonds. The molecule has 0 spiro atoms. The summed E-state index contributed by atoms with van der Waals surface area (Å²) >= 11 is 0. The van der Waals surface area contributed by atoms with Crippen molar-refractivity contribution in [1.82, 2.24) is 0 Å². The predicted molar refractivity (Wildman–Crippen MR) is 83.6 cm³/mol. The van der Waals surface area contributed by atoms with Gasteiger partial charge in [-0.15, -0.1) is 0 Å². The van der Waals surface area contributed by atoms with Gasteiger partial charge in [0, 0.05) is 11.3 Å². The van der Waals surface area contributed by atoms with Crippen LogP contribution in [0.25, 0.3) is 0 Å². The van der Waals surface area contributed by atoms with E-state index in [1.165, 1.54) is 0 Å². The van der Waals surface area contributed by atoms with Gasteiger partial charge >= 0.3 is 5.97 Å². The minimum absolute atomic E-state index is 0.147. The van der Waals surface area contributed by atoms with Gasteiger partial charge in [-0.05, 0) is 25.3 Å². The first kappa shape index (κ1) is 17.1. The minimum Gasteiger partial charge on any atom is -0.465 e. The SMILES string of the molecule is CCOC(=O)[C@@]1([C@@H](C[N+](=O)[O-])c2ccccc2)CCCCC1=O. The zero-order valence-corrected chi connectivity index (χ0v) is 13.2. The Kier molecular flexibility index (Phi) is 5.47. The van der Waals surface area contributed by atoms with Gasteiger partial charge in [-0.2, -0.15) is 0 Å². The van der Waals surface area contributed by atoms with Crippen LogP contribution in [0.1, 0.15) is 44.1 Å². The first-order valence-corrected chi connectivity index (χ1v) is 7.89. The number of carbonyl (C=O) groups excluding carboxylic acids is 2. The van der Waals surface area contributed by atoms with Crippen LogP contribution in [-0.4, -0.2) is 29.8 Å². The second-order valence-electron chi connectivity index (χ2n) is 5.80. The second kappa shape index (κ2) is 7.35. The van der Waals surface area contributed by atoms with E-state index in [2.05, 4.69) is 0 Å². The van der Waals surface area contributed by atoms with Gasteiger partial charge in [-0.1, -0.05) is 36.8 Å². The number of rotatable bonds is 6. The van der Waals surface area contributed by atoms with Gasteiger partial charge in [-0.3, -0.25) is 19.7 Å². The van der Waals surface area contributed by atoms with E-state index < -0.39 is 28.8 Å². The maximum Gasteiger partial charge on any atom is 0.320 e. The van der Waals surface area contributed by atoms with Gasteiger partial charge in [-0.25, -0.2) is 0 Å². The number of nitrogens with zero attached hydrogens (tertiary/aromatic N) is 1. The number of ketones is 1. The van der Waals surface area contributed by atoms with Crippen LogP contribution in [-0.2, 0) is 14.3 Å². The molecule has 0 heterocycles. The third-order valence-electron chi connectivity index (χ3n) is 4.49. The molecule has 0 N–H and O–H groups in total. The summed E-state index contributed by atoms with van der Waals surface area (Å²) in [6.45, 7) is 1.35. The van der Waals surface area contributed by atoms with E-state index in [1.807, 2.05) is 0 Å². The standard InChI is InChI=1S/C17H21NO5/c1-2-23-16(20)17(11-7-6-10-15(17)19)14(12-18(21)22)13-8-4-3-5-9-13/h3-5,8-9,14H,2,6-7,10-12H2,1H3/t14-,17+/m0/s1. The lowest BCUT2D eigenvalue weighted by Gasteiger charge is -2.38. The smallest absolute Gasteiger partial charge is 0.320 e. The topological polar surface area (TPSA) is 86.5 Å². The van der Waals surface area contributed by atoms with E-state index in [1.54, 1.807) is 37.3 Å². The van der Waals surface area contributed by atoms with Crippen molar-refractivity contribution in [2.24, 2.45) is 5.41 Å². The molecule has 1 aliphatic carbocycles. The molecule has 0 aliphatic heterocycles. The fourth-order valence-corrected chi connectivity index (χ4v) is 3.42. The quantitative estimate of drug-likeness (QED) is 0.348. The summed E-state index contributed by atoms with van der Waals surface area (Å²) in [6, 6.07) is 8.78. The van der Waals surface area contributed by atoms with Crippen molar-refractivity contribution in [1.29, 1.82) is 0 Å². The Labute approximate surface area is 135 Å². The van der Waals surface area contributed by atoms with Crippen LogP contribution in [0.2, 0.25) is 0 Å². The molecule has 0 saturated heterocycles. The average molecular weight is 319 g/mol.